The lowest BCUT2D eigenvalue weighted by Crippen LogP contribution is -2.39. The molecular formula is C14H23N5O2. The van der Waals surface area contributed by atoms with Crippen LogP contribution in [0.25, 0.3) is 0 Å². The van der Waals surface area contributed by atoms with E-state index in [1.54, 1.807) is 11.0 Å². The Kier molecular flexibility index (Phi) is 4.50. The minimum Gasteiger partial charge on any atom is -0.444 e. The highest BCUT2D eigenvalue weighted by Gasteiger charge is 2.24. The van der Waals surface area contributed by atoms with Crippen molar-refractivity contribution in [3.05, 3.63) is 12.1 Å². The monoisotopic (exact) mass is 293 g/mol. The van der Waals surface area contributed by atoms with Crippen LogP contribution in [0.1, 0.15) is 27.2 Å². The molecule has 0 bridgehead atoms. The molecule has 1 aromatic heterocycles. The van der Waals surface area contributed by atoms with E-state index in [0.717, 1.165) is 18.8 Å². The molecule has 21 heavy (non-hydrogen) atoms. The summed E-state index contributed by atoms with van der Waals surface area (Å²) in [5.41, 5.74) is 5.08. The molecule has 2 rings (SSSR count). The number of ether oxygens (including phenoxy) is 1. The van der Waals surface area contributed by atoms with Gasteiger partial charge < -0.3 is 20.3 Å². The summed E-state index contributed by atoms with van der Waals surface area (Å²) in [5, 5.41) is 7.96. The van der Waals surface area contributed by atoms with Gasteiger partial charge in [-0.2, -0.15) is 0 Å². The molecule has 7 nitrogen and oxygen atoms in total. The maximum atomic E-state index is 12.1. The lowest BCUT2D eigenvalue weighted by Gasteiger charge is -2.26. The first-order valence-electron chi connectivity index (χ1n) is 7.17. The summed E-state index contributed by atoms with van der Waals surface area (Å²) in [7, 11) is 0. The predicted molar refractivity (Wildman–Crippen MR) is 81.1 cm³/mol. The lowest BCUT2D eigenvalue weighted by molar-refractivity contribution is 0.0263. The summed E-state index contributed by atoms with van der Waals surface area (Å²) >= 11 is 0. The molecule has 1 aliphatic rings. The van der Waals surface area contributed by atoms with Crippen LogP contribution in [0.5, 0.6) is 0 Å². The molecule has 0 aliphatic carbocycles. The van der Waals surface area contributed by atoms with Gasteiger partial charge in [0.2, 0.25) is 0 Å². The van der Waals surface area contributed by atoms with Gasteiger partial charge in [0.1, 0.15) is 11.4 Å². The number of anilines is 2. The quantitative estimate of drug-likeness (QED) is 0.844. The fourth-order valence-corrected chi connectivity index (χ4v) is 2.16. The number of nitrogen functional groups attached to an aromatic ring is 1. The average Bonchev–Trinajstić information content (AvgIpc) is 2.63. The molecule has 1 amide bonds. The number of carbonyl (C=O) groups excluding carboxylic acids is 1. The molecule has 0 spiro atoms. The molecule has 116 valence electrons. The summed E-state index contributed by atoms with van der Waals surface area (Å²) in [6.07, 6.45) is 0.610. The van der Waals surface area contributed by atoms with E-state index in [9.17, 15) is 4.79 Å². The molecule has 0 radical (unpaired) electrons. The predicted octanol–water partition coefficient (Wildman–Crippen LogP) is 1.51. The molecule has 1 aromatic rings. The van der Waals surface area contributed by atoms with Gasteiger partial charge in [-0.25, -0.2) is 4.79 Å². The van der Waals surface area contributed by atoms with Crippen LogP contribution < -0.4 is 10.6 Å². The molecule has 2 heterocycles. The maximum Gasteiger partial charge on any atom is 0.410 e. The second kappa shape index (κ2) is 6.15. The van der Waals surface area contributed by atoms with Crippen molar-refractivity contribution in [1.29, 1.82) is 0 Å². The number of hydrogen-bond donors (Lipinski definition) is 1. The van der Waals surface area contributed by atoms with Crippen molar-refractivity contribution in [3.8, 4) is 0 Å². The Morgan fingerprint density at radius 2 is 1.95 bits per heavy atom. The smallest absolute Gasteiger partial charge is 0.410 e. The number of hydrogen-bond acceptors (Lipinski definition) is 6. The minimum absolute atomic E-state index is 0.257. The number of carbonyl (C=O) groups is 1. The average molecular weight is 293 g/mol. The number of nitrogens with zero attached hydrogens (tertiary/aromatic N) is 4. The van der Waals surface area contributed by atoms with Crippen molar-refractivity contribution in [2.75, 3.05) is 36.8 Å². The molecule has 1 saturated heterocycles. The Labute approximate surface area is 125 Å². The molecule has 0 atom stereocenters. The Morgan fingerprint density at radius 1 is 1.19 bits per heavy atom. The molecule has 1 fully saturated rings. The third kappa shape index (κ3) is 4.47. The highest BCUT2D eigenvalue weighted by Crippen LogP contribution is 2.15. The fraction of sp³-hybridized carbons (Fsp3) is 0.643. The Hall–Kier alpha value is -2.05. The third-order valence-corrected chi connectivity index (χ3v) is 3.14. The normalized spacial score (nSPS) is 16.5. The Balaban J connectivity index is 1.95. The van der Waals surface area contributed by atoms with E-state index in [1.807, 2.05) is 26.8 Å². The molecule has 1 aliphatic heterocycles. The van der Waals surface area contributed by atoms with E-state index in [4.69, 9.17) is 10.5 Å². The van der Waals surface area contributed by atoms with Crippen LogP contribution in [0, 0.1) is 0 Å². The van der Waals surface area contributed by atoms with Gasteiger partial charge in [-0.05, 0) is 39.3 Å². The van der Waals surface area contributed by atoms with Gasteiger partial charge in [0, 0.05) is 26.2 Å². The van der Waals surface area contributed by atoms with Crippen molar-refractivity contribution in [2.24, 2.45) is 0 Å². The number of amides is 1. The Bertz CT molecular complexity index is 483. The van der Waals surface area contributed by atoms with Gasteiger partial charge in [-0.3, -0.25) is 0 Å². The SMILES string of the molecule is CC(C)(C)OC(=O)N1CCCN(c2ccc(N)nn2)CC1. The first-order chi connectivity index (χ1) is 9.85. The Morgan fingerprint density at radius 3 is 2.57 bits per heavy atom. The van der Waals surface area contributed by atoms with Crippen LogP contribution in [0.3, 0.4) is 0 Å². The van der Waals surface area contributed by atoms with Crippen LogP contribution in [0.2, 0.25) is 0 Å². The molecule has 7 heteroatoms. The topological polar surface area (TPSA) is 84.6 Å². The number of aromatic nitrogens is 2. The molecule has 2 N–H and O–H groups in total. The van der Waals surface area contributed by atoms with Crippen LogP contribution in [-0.4, -0.2) is 53.0 Å². The summed E-state index contributed by atoms with van der Waals surface area (Å²) in [6.45, 7) is 8.46. The van der Waals surface area contributed by atoms with Gasteiger partial charge in [-0.15, -0.1) is 10.2 Å². The van der Waals surface area contributed by atoms with Crippen LogP contribution in [0.4, 0.5) is 16.4 Å². The number of rotatable bonds is 1. The van der Waals surface area contributed by atoms with Crippen molar-refractivity contribution in [2.45, 2.75) is 32.8 Å². The zero-order chi connectivity index (χ0) is 15.5. The van der Waals surface area contributed by atoms with Gasteiger partial charge in [0.25, 0.3) is 0 Å². The molecular weight excluding hydrogens is 270 g/mol. The van der Waals surface area contributed by atoms with Gasteiger partial charge in [0.05, 0.1) is 0 Å². The first kappa shape index (κ1) is 15.3. The molecule has 0 unspecified atom stereocenters. The zero-order valence-corrected chi connectivity index (χ0v) is 12.9. The number of nitrogens with two attached hydrogens (primary N) is 1. The standard InChI is InChI=1S/C14H23N5O2/c1-14(2,3)21-13(20)19-8-4-7-18(9-10-19)12-6-5-11(15)16-17-12/h5-6H,4,7-10H2,1-3H3,(H2,15,16). The lowest BCUT2D eigenvalue weighted by atomic mass is 10.2. The first-order valence-corrected chi connectivity index (χ1v) is 7.17. The van der Waals surface area contributed by atoms with Crippen molar-refractivity contribution >= 4 is 17.7 Å². The summed E-state index contributed by atoms with van der Waals surface area (Å²) < 4.78 is 5.41. The van der Waals surface area contributed by atoms with E-state index in [0.29, 0.717) is 25.5 Å². The van der Waals surface area contributed by atoms with Crippen molar-refractivity contribution in [1.82, 2.24) is 15.1 Å². The highest BCUT2D eigenvalue weighted by molar-refractivity contribution is 5.68. The summed E-state index contributed by atoms with van der Waals surface area (Å²) in [5.74, 6) is 1.19. The van der Waals surface area contributed by atoms with Gasteiger partial charge in [0.15, 0.2) is 5.82 Å². The van der Waals surface area contributed by atoms with Crippen molar-refractivity contribution < 1.29 is 9.53 Å². The third-order valence-electron chi connectivity index (χ3n) is 3.14. The molecule has 0 saturated carbocycles. The van der Waals surface area contributed by atoms with Crippen LogP contribution in [0.15, 0.2) is 12.1 Å². The molecule has 0 aromatic carbocycles. The zero-order valence-electron chi connectivity index (χ0n) is 12.9. The van der Waals surface area contributed by atoms with Gasteiger partial charge in [-0.1, -0.05) is 0 Å². The summed E-state index contributed by atoms with van der Waals surface area (Å²) in [4.78, 5) is 15.9. The summed E-state index contributed by atoms with van der Waals surface area (Å²) in [6, 6.07) is 3.59. The van der Waals surface area contributed by atoms with Crippen molar-refractivity contribution in [3.63, 3.8) is 0 Å². The maximum absolute atomic E-state index is 12.1. The van der Waals surface area contributed by atoms with Gasteiger partial charge >= 0.3 is 6.09 Å². The fourth-order valence-electron chi connectivity index (χ4n) is 2.16. The van der Waals surface area contributed by atoms with E-state index < -0.39 is 5.60 Å². The van der Waals surface area contributed by atoms with Crippen LogP contribution in [-0.2, 0) is 4.74 Å². The van der Waals surface area contributed by atoms with E-state index in [1.165, 1.54) is 0 Å². The van der Waals surface area contributed by atoms with E-state index >= 15 is 0 Å². The highest BCUT2D eigenvalue weighted by atomic mass is 16.6. The van der Waals surface area contributed by atoms with E-state index in [2.05, 4.69) is 15.1 Å². The second-order valence-corrected chi connectivity index (χ2v) is 6.12. The minimum atomic E-state index is -0.467. The van der Waals surface area contributed by atoms with E-state index in [-0.39, 0.29) is 6.09 Å². The van der Waals surface area contributed by atoms with Crippen LogP contribution >= 0.6 is 0 Å². The largest absolute Gasteiger partial charge is 0.444 e. The second-order valence-electron chi connectivity index (χ2n) is 6.12.